The zero-order valence-electron chi connectivity index (χ0n) is 10.7. The highest BCUT2D eigenvalue weighted by Crippen LogP contribution is 2.24. The Balaban J connectivity index is 0.00000162. The Morgan fingerprint density at radius 1 is 1.39 bits per heavy atom. The van der Waals surface area contributed by atoms with Crippen LogP contribution in [0.4, 0.5) is 0 Å². The third-order valence-corrected chi connectivity index (χ3v) is 3.59. The third-order valence-electron chi connectivity index (χ3n) is 3.59. The molecule has 0 bridgehead atoms. The lowest BCUT2D eigenvalue weighted by Gasteiger charge is -2.36. The van der Waals surface area contributed by atoms with Gasteiger partial charge in [0.05, 0.1) is 6.04 Å². The molecule has 2 rings (SSSR count). The van der Waals surface area contributed by atoms with Crippen molar-refractivity contribution in [3.8, 4) is 0 Å². The van der Waals surface area contributed by atoms with Crippen molar-refractivity contribution in [1.82, 2.24) is 4.90 Å². The highest BCUT2D eigenvalue weighted by atomic mass is 35.5. The van der Waals surface area contributed by atoms with Gasteiger partial charge in [-0.15, -0.1) is 12.4 Å². The van der Waals surface area contributed by atoms with Gasteiger partial charge in [0.25, 0.3) is 0 Å². The maximum absolute atomic E-state index is 12.1. The van der Waals surface area contributed by atoms with E-state index in [0.29, 0.717) is 12.5 Å². The Morgan fingerprint density at radius 3 is 2.50 bits per heavy atom. The van der Waals surface area contributed by atoms with Crippen molar-refractivity contribution in [2.45, 2.75) is 37.8 Å². The molecule has 0 saturated heterocycles. The number of likely N-dealkylation sites (N-methyl/N-ethyl adjacent to an activating group) is 1. The normalized spacial score (nSPS) is 16.3. The summed E-state index contributed by atoms with van der Waals surface area (Å²) in [4.78, 5) is 13.9. The fourth-order valence-electron chi connectivity index (χ4n) is 2.17. The fraction of sp³-hybridized carbons (Fsp3) is 0.500. The van der Waals surface area contributed by atoms with Crippen LogP contribution in [0.5, 0.6) is 0 Å². The molecule has 2 N–H and O–H groups in total. The number of carbonyl (C=O) groups is 1. The molecule has 0 heterocycles. The standard InChI is InChI=1S/C14H20N2O.ClH/c1-16(12-8-5-9-12)14(17)13(15)10-11-6-3-2-4-7-11;/h2-4,6-7,12-13H,5,8-10,15H2,1H3;1H. The lowest BCUT2D eigenvalue weighted by Crippen LogP contribution is -2.49. The molecule has 1 unspecified atom stereocenters. The predicted octanol–water partition coefficient (Wildman–Crippen LogP) is 1.99. The molecule has 1 aliphatic carbocycles. The molecule has 1 aromatic carbocycles. The van der Waals surface area contributed by atoms with E-state index in [1.54, 1.807) is 0 Å². The summed E-state index contributed by atoms with van der Waals surface area (Å²) in [5.74, 6) is 0.0681. The number of hydrogen-bond acceptors (Lipinski definition) is 2. The first-order valence-electron chi connectivity index (χ1n) is 6.24. The Morgan fingerprint density at radius 2 is 2.00 bits per heavy atom. The number of hydrogen-bond donors (Lipinski definition) is 1. The molecule has 1 fully saturated rings. The van der Waals surface area contributed by atoms with Gasteiger partial charge in [0.2, 0.25) is 5.91 Å². The Kier molecular flexibility index (Phi) is 5.63. The Labute approximate surface area is 115 Å². The monoisotopic (exact) mass is 268 g/mol. The largest absolute Gasteiger partial charge is 0.341 e. The van der Waals surface area contributed by atoms with Crippen molar-refractivity contribution in [3.63, 3.8) is 0 Å². The summed E-state index contributed by atoms with van der Waals surface area (Å²) in [5.41, 5.74) is 7.10. The van der Waals surface area contributed by atoms with E-state index in [2.05, 4.69) is 0 Å². The Bertz CT molecular complexity index is 379. The molecule has 1 saturated carbocycles. The van der Waals surface area contributed by atoms with Crippen LogP contribution in [0.1, 0.15) is 24.8 Å². The van der Waals surface area contributed by atoms with E-state index in [1.165, 1.54) is 6.42 Å². The zero-order chi connectivity index (χ0) is 12.3. The molecule has 0 spiro atoms. The van der Waals surface area contributed by atoms with Gasteiger partial charge in [-0.2, -0.15) is 0 Å². The van der Waals surface area contributed by atoms with Crippen LogP contribution in [0, 0.1) is 0 Å². The first-order chi connectivity index (χ1) is 8.18. The van der Waals surface area contributed by atoms with Crippen molar-refractivity contribution in [2.24, 2.45) is 5.73 Å². The molecule has 0 aromatic heterocycles. The van der Waals surface area contributed by atoms with E-state index >= 15 is 0 Å². The average Bonchev–Trinajstić information content (AvgIpc) is 2.27. The highest BCUT2D eigenvalue weighted by molar-refractivity contribution is 5.85. The molecule has 1 aliphatic rings. The van der Waals surface area contributed by atoms with Crippen LogP contribution in [0.25, 0.3) is 0 Å². The maximum atomic E-state index is 12.1. The number of benzene rings is 1. The molecule has 18 heavy (non-hydrogen) atoms. The molecular formula is C14H21ClN2O. The molecule has 1 aromatic rings. The molecule has 4 heteroatoms. The van der Waals surface area contributed by atoms with Crippen molar-refractivity contribution >= 4 is 18.3 Å². The van der Waals surface area contributed by atoms with E-state index in [1.807, 2.05) is 42.3 Å². The molecule has 100 valence electrons. The summed E-state index contributed by atoms with van der Waals surface area (Å²) in [5, 5.41) is 0. The van der Waals surface area contributed by atoms with E-state index in [-0.39, 0.29) is 18.3 Å². The van der Waals surface area contributed by atoms with E-state index < -0.39 is 6.04 Å². The van der Waals surface area contributed by atoms with Gasteiger partial charge in [-0.05, 0) is 31.2 Å². The predicted molar refractivity (Wildman–Crippen MR) is 75.8 cm³/mol. The molecule has 1 amide bonds. The minimum Gasteiger partial charge on any atom is -0.341 e. The van der Waals surface area contributed by atoms with Crippen LogP contribution in [-0.4, -0.2) is 29.9 Å². The van der Waals surface area contributed by atoms with Crippen LogP contribution in [-0.2, 0) is 11.2 Å². The quantitative estimate of drug-likeness (QED) is 0.908. The summed E-state index contributed by atoms with van der Waals surface area (Å²) in [6.45, 7) is 0. The van der Waals surface area contributed by atoms with Crippen LogP contribution < -0.4 is 5.73 Å². The second-order valence-corrected chi connectivity index (χ2v) is 4.83. The second-order valence-electron chi connectivity index (χ2n) is 4.83. The number of nitrogens with zero attached hydrogens (tertiary/aromatic N) is 1. The number of nitrogens with two attached hydrogens (primary N) is 1. The van der Waals surface area contributed by atoms with Crippen molar-refractivity contribution in [3.05, 3.63) is 35.9 Å². The first kappa shape index (κ1) is 15.0. The minimum atomic E-state index is -0.414. The van der Waals surface area contributed by atoms with Gasteiger partial charge < -0.3 is 10.6 Å². The maximum Gasteiger partial charge on any atom is 0.239 e. The molecule has 0 radical (unpaired) electrons. The average molecular weight is 269 g/mol. The van der Waals surface area contributed by atoms with Gasteiger partial charge in [0.1, 0.15) is 0 Å². The smallest absolute Gasteiger partial charge is 0.239 e. The second kappa shape index (κ2) is 6.76. The van der Waals surface area contributed by atoms with Crippen LogP contribution in [0.2, 0.25) is 0 Å². The highest BCUT2D eigenvalue weighted by Gasteiger charge is 2.28. The Hall–Kier alpha value is -1.06. The molecule has 1 atom stereocenters. The number of amides is 1. The number of halogens is 1. The van der Waals surface area contributed by atoms with Crippen molar-refractivity contribution in [2.75, 3.05) is 7.05 Å². The van der Waals surface area contributed by atoms with Crippen LogP contribution in [0.3, 0.4) is 0 Å². The van der Waals surface area contributed by atoms with Gasteiger partial charge in [-0.25, -0.2) is 0 Å². The van der Waals surface area contributed by atoms with E-state index in [9.17, 15) is 4.79 Å². The molecular weight excluding hydrogens is 248 g/mol. The summed E-state index contributed by atoms with van der Waals surface area (Å²) in [6, 6.07) is 9.95. The van der Waals surface area contributed by atoms with Gasteiger partial charge in [0, 0.05) is 13.1 Å². The van der Waals surface area contributed by atoms with E-state index in [4.69, 9.17) is 5.73 Å². The van der Waals surface area contributed by atoms with Crippen LogP contribution in [0.15, 0.2) is 30.3 Å². The van der Waals surface area contributed by atoms with Crippen molar-refractivity contribution in [1.29, 1.82) is 0 Å². The lowest BCUT2D eigenvalue weighted by molar-refractivity contribution is -0.134. The summed E-state index contributed by atoms with van der Waals surface area (Å²) in [6.07, 6.45) is 4.10. The van der Waals surface area contributed by atoms with E-state index in [0.717, 1.165) is 18.4 Å². The van der Waals surface area contributed by atoms with Gasteiger partial charge in [-0.1, -0.05) is 30.3 Å². The third kappa shape index (κ3) is 3.47. The summed E-state index contributed by atoms with van der Waals surface area (Å²) >= 11 is 0. The fourth-order valence-corrected chi connectivity index (χ4v) is 2.17. The van der Waals surface area contributed by atoms with Crippen LogP contribution >= 0.6 is 12.4 Å². The van der Waals surface area contributed by atoms with Crippen molar-refractivity contribution < 1.29 is 4.79 Å². The number of rotatable bonds is 4. The van der Waals surface area contributed by atoms with Gasteiger partial charge in [0.15, 0.2) is 0 Å². The lowest BCUT2D eigenvalue weighted by atomic mass is 9.91. The molecule has 3 nitrogen and oxygen atoms in total. The SMILES string of the molecule is CN(C(=O)C(N)Cc1ccccc1)C1CCC1.Cl. The van der Waals surface area contributed by atoms with Gasteiger partial charge in [-0.3, -0.25) is 4.79 Å². The topological polar surface area (TPSA) is 46.3 Å². The zero-order valence-corrected chi connectivity index (χ0v) is 11.5. The number of carbonyl (C=O) groups excluding carboxylic acids is 1. The molecule has 0 aliphatic heterocycles. The summed E-state index contributed by atoms with van der Waals surface area (Å²) in [7, 11) is 1.87. The first-order valence-corrected chi connectivity index (χ1v) is 6.24. The summed E-state index contributed by atoms with van der Waals surface area (Å²) < 4.78 is 0. The van der Waals surface area contributed by atoms with Gasteiger partial charge >= 0.3 is 0 Å². The minimum absolute atomic E-state index is 0.